The fourth-order valence-electron chi connectivity index (χ4n) is 2.81. The number of hydrogen-bond acceptors (Lipinski definition) is 2. The first kappa shape index (κ1) is 19.9. The van der Waals surface area contributed by atoms with Gasteiger partial charge >= 0.3 is 0 Å². The van der Waals surface area contributed by atoms with E-state index in [9.17, 15) is 0 Å². The Morgan fingerprint density at radius 2 is 1.91 bits per heavy atom. The molecule has 1 aromatic carbocycles. The number of rotatable bonds is 10. The average molecular weight is 339 g/mol. The Morgan fingerprint density at radius 3 is 2.65 bits per heavy atom. The van der Waals surface area contributed by atoms with E-state index >= 15 is 0 Å². The van der Waals surface area contributed by atoms with Gasteiger partial charge in [-0.05, 0) is 49.1 Å². The van der Waals surface area contributed by atoms with Gasteiger partial charge in [0.15, 0.2) is 0 Å². The van der Waals surface area contributed by atoms with E-state index in [1.165, 1.54) is 36.6 Å². The maximum atomic E-state index is 5.90. The lowest BCUT2D eigenvalue weighted by atomic mass is 10.0. The smallest absolute Gasteiger partial charge is 0.120 e. The third-order valence-electron chi connectivity index (χ3n) is 4.10. The van der Waals surface area contributed by atoms with Crippen molar-refractivity contribution < 1.29 is 4.74 Å². The summed E-state index contributed by atoms with van der Waals surface area (Å²) in [6.07, 6.45) is 9.36. The van der Waals surface area contributed by atoms with Crippen LogP contribution in [-0.2, 0) is 6.42 Å². The monoisotopic (exact) mass is 338 g/mol. The summed E-state index contributed by atoms with van der Waals surface area (Å²) in [5.74, 6) is 1.79. The van der Waals surface area contributed by atoms with Crippen LogP contribution in [0, 0.1) is 5.92 Å². The van der Waals surface area contributed by atoms with Crippen LogP contribution < -0.4 is 10.5 Å². The summed E-state index contributed by atoms with van der Waals surface area (Å²) in [7, 11) is 0. The Hall–Kier alpha value is -1.19. The third kappa shape index (κ3) is 6.44. The molecule has 130 valence electrons. The minimum atomic E-state index is 0. The van der Waals surface area contributed by atoms with Crippen LogP contribution in [0.25, 0.3) is 10.9 Å². The van der Waals surface area contributed by atoms with Crippen LogP contribution >= 0.6 is 12.4 Å². The molecule has 0 fully saturated rings. The highest BCUT2D eigenvalue weighted by Gasteiger charge is 2.04. The van der Waals surface area contributed by atoms with Gasteiger partial charge in [0.05, 0.1) is 6.61 Å². The first-order valence-electron chi connectivity index (χ1n) is 8.63. The molecule has 4 heteroatoms. The fraction of sp³-hybridized carbons (Fsp3) is 0.579. The number of fused-ring (bicyclic) bond motifs is 1. The predicted octanol–water partition coefficient (Wildman–Crippen LogP) is 5.08. The molecular formula is C19H31ClN2O. The summed E-state index contributed by atoms with van der Waals surface area (Å²) in [6, 6.07) is 6.27. The number of H-pyrrole nitrogens is 1. The summed E-state index contributed by atoms with van der Waals surface area (Å²) in [4.78, 5) is 3.29. The first-order valence-corrected chi connectivity index (χ1v) is 8.63. The number of benzene rings is 1. The van der Waals surface area contributed by atoms with Crippen molar-refractivity contribution in [3.8, 4) is 5.75 Å². The SMILES string of the molecule is CC(C)CCCCCCOc1ccc2[nH]cc(CCN)c2c1.Cl. The van der Waals surface area contributed by atoms with Crippen molar-refractivity contribution in [2.24, 2.45) is 11.7 Å². The van der Waals surface area contributed by atoms with E-state index in [-0.39, 0.29) is 12.4 Å². The van der Waals surface area contributed by atoms with Gasteiger partial charge in [0.1, 0.15) is 5.75 Å². The van der Waals surface area contributed by atoms with E-state index in [4.69, 9.17) is 10.5 Å². The van der Waals surface area contributed by atoms with Crippen LogP contribution in [-0.4, -0.2) is 18.1 Å². The average Bonchev–Trinajstić information content (AvgIpc) is 2.89. The highest BCUT2D eigenvalue weighted by molar-refractivity contribution is 5.85. The fourth-order valence-corrected chi connectivity index (χ4v) is 2.81. The zero-order chi connectivity index (χ0) is 15.8. The molecule has 0 unspecified atom stereocenters. The predicted molar refractivity (Wildman–Crippen MR) is 102 cm³/mol. The summed E-state index contributed by atoms with van der Waals surface area (Å²) in [6.45, 7) is 6.07. The largest absolute Gasteiger partial charge is 0.494 e. The maximum Gasteiger partial charge on any atom is 0.120 e. The summed E-state index contributed by atoms with van der Waals surface area (Å²) < 4.78 is 5.90. The molecule has 0 aliphatic rings. The Morgan fingerprint density at radius 1 is 1.13 bits per heavy atom. The lowest BCUT2D eigenvalue weighted by molar-refractivity contribution is 0.304. The highest BCUT2D eigenvalue weighted by atomic mass is 35.5. The highest BCUT2D eigenvalue weighted by Crippen LogP contribution is 2.24. The quantitative estimate of drug-likeness (QED) is 0.594. The second-order valence-electron chi connectivity index (χ2n) is 6.51. The van der Waals surface area contributed by atoms with Crippen LogP contribution in [0.2, 0.25) is 0 Å². The standard InChI is InChI=1S/C19H30N2O.ClH/c1-15(2)7-5-3-4-6-12-22-17-8-9-19-18(13-17)16(10-11-20)14-21-19;/h8-9,13-15,21H,3-7,10-12,20H2,1-2H3;1H. The molecule has 3 nitrogen and oxygen atoms in total. The molecule has 0 bridgehead atoms. The number of aromatic nitrogens is 1. The molecule has 0 amide bonds. The van der Waals surface area contributed by atoms with Gasteiger partial charge in [-0.15, -0.1) is 12.4 Å². The second kappa shape index (κ2) is 10.6. The van der Waals surface area contributed by atoms with Gasteiger partial charge in [0, 0.05) is 17.1 Å². The third-order valence-corrected chi connectivity index (χ3v) is 4.10. The van der Waals surface area contributed by atoms with Crippen molar-refractivity contribution in [2.75, 3.05) is 13.2 Å². The van der Waals surface area contributed by atoms with E-state index in [0.717, 1.165) is 36.6 Å². The lowest BCUT2D eigenvalue weighted by Crippen LogP contribution is -2.02. The van der Waals surface area contributed by atoms with Crippen molar-refractivity contribution in [3.05, 3.63) is 30.0 Å². The first-order chi connectivity index (χ1) is 10.7. The van der Waals surface area contributed by atoms with Gasteiger partial charge < -0.3 is 15.5 Å². The molecule has 1 heterocycles. The number of hydrogen-bond donors (Lipinski definition) is 2. The molecule has 23 heavy (non-hydrogen) atoms. The molecule has 0 spiro atoms. The van der Waals surface area contributed by atoms with E-state index in [0.29, 0.717) is 6.54 Å². The molecule has 3 N–H and O–H groups in total. The molecule has 0 saturated carbocycles. The summed E-state index contributed by atoms with van der Waals surface area (Å²) >= 11 is 0. The number of aromatic amines is 1. The molecule has 0 radical (unpaired) electrons. The number of nitrogens with two attached hydrogens (primary N) is 1. The Labute approximate surface area is 146 Å². The van der Waals surface area contributed by atoms with Gasteiger partial charge in [-0.25, -0.2) is 0 Å². The Bertz CT molecular complexity index is 565. The van der Waals surface area contributed by atoms with Gasteiger partial charge in [-0.2, -0.15) is 0 Å². The number of unbranched alkanes of at least 4 members (excludes halogenated alkanes) is 3. The topological polar surface area (TPSA) is 51.0 Å². The Kier molecular flexibility index (Phi) is 9.12. The van der Waals surface area contributed by atoms with Crippen molar-refractivity contribution in [1.29, 1.82) is 0 Å². The van der Waals surface area contributed by atoms with Crippen LogP contribution in [0.5, 0.6) is 5.75 Å². The minimum Gasteiger partial charge on any atom is -0.494 e. The zero-order valence-electron chi connectivity index (χ0n) is 14.4. The van der Waals surface area contributed by atoms with Crippen molar-refractivity contribution in [3.63, 3.8) is 0 Å². The Balaban J connectivity index is 0.00000264. The number of ether oxygens (including phenoxy) is 1. The van der Waals surface area contributed by atoms with Crippen LogP contribution in [0.1, 0.15) is 51.5 Å². The number of halogens is 1. The molecule has 2 rings (SSSR count). The van der Waals surface area contributed by atoms with Gasteiger partial charge in [0.2, 0.25) is 0 Å². The van der Waals surface area contributed by atoms with Crippen LogP contribution in [0.3, 0.4) is 0 Å². The van der Waals surface area contributed by atoms with E-state index < -0.39 is 0 Å². The van der Waals surface area contributed by atoms with E-state index in [1.54, 1.807) is 0 Å². The summed E-state index contributed by atoms with van der Waals surface area (Å²) in [5.41, 5.74) is 8.09. The van der Waals surface area contributed by atoms with Gasteiger partial charge in [-0.3, -0.25) is 0 Å². The maximum absolute atomic E-state index is 5.90. The normalized spacial score (nSPS) is 11.0. The molecule has 2 aromatic rings. The molecule has 0 atom stereocenters. The molecule has 0 aliphatic carbocycles. The molecular weight excluding hydrogens is 308 g/mol. The summed E-state index contributed by atoms with van der Waals surface area (Å²) in [5, 5.41) is 1.24. The molecule has 1 aromatic heterocycles. The van der Waals surface area contributed by atoms with Crippen LogP contribution in [0.15, 0.2) is 24.4 Å². The lowest BCUT2D eigenvalue weighted by Gasteiger charge is -2.07. The van der Waals surface area contributed by atoms with Crippen molar-refractivity contribution in [2.45, 2.75) is 52.4 Å². The second-order valence-corrected chi connectivity index (χ2v) is 6.51. The minimum absolute atomic E-state index is 0. The zero-order valence-corrected chi connectivity index (χ0v) is 15.3. The molecule has 0 saturated heterocycles. The van der Waals surface area contributed by atoms with Crippen molar-refractivity contribution in [1.82, 2.24) is 4.98 Å². The number of nitrogens with one attached hydrogen (secondary N) is 1. The van der Waals surface area contributed by atoms with Crippen molar-refractivity contribution >= 4 is 23.3 Å². The van der Waals surface area contributed by atoms with Gasteiger partial charge in [0.25, 0.3) is 0 Å². The molecule has 0 aliphatic heterocycles. The van der Waals surface area contributed by atoms with E-state index in [2.05, 4.69) is 37.2 Å². The van der Waals surface area contributed by atoms with Crippen LogP contribution in [0.4, 0.5) is 0 Å². The van der Waals surface area contributed by atoms with Gasteiger partial charge in [-0.1, -0.05) is 39.5 Å². The van der Waals surface area contributed by atoms with E-state index in [1.807, 2.05) is 6.07 Å².